The summed E-state index contributed by atoms with van der Waals surface area (Å²) in [5.41, 5.74) is 1.06. The van der Waals surface area contributed by atoms with E-state index in [1.165, 1.54) is 4.40 Å². The molecular formula is C18H16ClN5O3. The van der Waals surface area contributed by atoms with Crippen molar-refractivity contribution in [3.05, 3.63) is 69.4 Å². The molecule has 138 valence electrons. The van der Waals surface area contributed by atoms with Gasteiger partial charge in [-0.3, -0.25) is 4.79 Å². The third kappa shape index (κ3) is 3.19. The minimum Gasteiger partial charge on any atom is -0.358 e. The number of rotatable bonds is 3. The van der Waals surface area contributed by atoms with Crippen molar-refractivity contribution >= 4 is 34.8 Å². The number of fused-ring (bicyclic) bond motifs is 1. The number of carbonyl (C=O) groups excluding carboxylic acids is 1. The van der Waals surface area contributed by atoms with Crippen molar-refractivity contribution < 1.29 is 9.72 Å². The van der Waals surface area contributed by atoms with E-state index in [-0.39, 0.29) is 11.7 Å². The van der Waals surface area contributed by atoms with Crippen LogP contribution in [0.1, 0.15) is 10.4 Å². The fourth-order valence-corrected chi connectivity index (χ4v) is 3.47. The maximum atomic E-state index is 12.6. The highest BCUT2D eigenvalue weighted by molar-refractivity contribution is 6.30. The molecule has 0 unspecified atom stereocenters. The number of halogens is 1. The van der Waals surface area contributed by atoms with Crippen LogP contribution in [0.4, 0.5) is 11.6 Å². The summed E-state index contributed by atoms with van der Waals surface area (Å²) in [4.78, 5) is 31.8. The van der Waals surface area contributed by atoms with E-state index >= 15 is 0 Å². The molecule has 27 heavy (non-hydrogen) atoms. The molecule has 3 aromatic rings. The number of benzene rings is 1. The minimum absolute atomic E-state index is 0.0554. The molecule has 1 amide bonds. The van der Waals surface area contributed by atoms with Crippen molar-refractivity contribution in [2.45, 2.75) is 0 Å². The molecule has 1 aromatic carbocycles. The monoisotopic (exact) mass is 385 g/mol. The molecular weight excluding hydrogens is 370 g/mol. The van der Waals surface area contributed by atoms with Gasteiger partial charge in [0.2, 0.25) is 11.5 Å². The number of pyridine rings is 1. The van der Waals surface area contributed by atoms with E-state index in [0.29, 0.717) is 48.2 Å². The summed E-state index contributed by atoms with van der Waals surface area (Å²) < 4.78 is 1.47. The quantitative estimate of drug-likeness (QED) is 0.511. The fourth-order valence-electron chi connectivity index (χ4n) is 3.28. The molecule has 1 saturated heterocycles. The Labute approximate surface area is 159 Å². The Morgan fingerprint density at radius 3 is 2.59 bits per heavy atom. The highest BCUT2D eigenvalue weighted by atomic mass is 35.5. The van der Waals surface area contributed by atoms with Crippen LogP contribution >= 0.6 is 11.6 Å². The molecule has 0 atom stereocenters. The second kappa shape index (κ2) is 6.88. The lowest BCUT2D eigenvalue weighted by atomic mass is 10.2. The van der Waals surface area contributed by atoms with E-state index in [4.69, 9.17) is 11.6 Å². The van der Waals surface area contributed by atoms with E-state index in [1.54, 1.807) is 53.6 Å². The van der Waals surface area contributed by atoms with Crippen molar-refractivity contribution in [3.8, 4) is 0 Å². The van der Waals surface area contributed by atoms with Crippen molar-refractivity contribution in [1.29, 1.82) is 0 Å². The van der Waals surface area contributed by atoms with Crippen LogP contribution in [0.2, 0.25) is 5.02 Å². The normalized spacial score (nSPS) is 14.6. The summed E-state index contributed by atoms with van der Waals surface area (Å²) in [5.74, 6) is 0.183. The molecule has 4 rings (SSSR count). The number of imidazole rings is 1. The predicted octanol–water partition coefficient (Wildman–Crippen LogP) is 2.86. The summed E-state index contributed by atoms with van der Waals surface area (Å²) in [6.07, 6.45) is 1.63. The van der Waals surface area contributed by atoms with Gasteiger partial charge >= 0.3 is 5.82 Å². The number of aromatic nitrogens is 2. The maximum Gasteiger partial charge on any atom is 0.372 e. The first-order chi connectivity index (χ1) is 13.0. The van der Waals surface area contributed by atoms with Gasteiger partial charge in [0.15, 0.2) is 0 Å². The lowest BCUT2D eigenvalue weighted by Crippen LogP contribution is -2.49. The number of carbonyl (C=O) groups is 1. The molecule has 1 aliphatic rings. The highest BCUT2D eigenvalue weighted by Crippen LogP contribution is 2.29. The third-order valence-electron chi connectivity index (χ3n) is 4.60. The van der Waals surface area contributed by atoms with Gasteiger partial charge in [-0.15, -0.1) is 0 Å². The van der Waals surface area contributed by atoms with Gasteiger partial charge < -0.3 is 19.9 Å². The van der Waals surface area contributed by atoms with Gasteiger partial charge in [-0.25, -0.2) is 0 Å². The van der Waals surface area contributed by atoms with Gasteiger partial charge in [0.25, 0.3) is 5.91 Å². The van der Waals surface area contributed by atoms with E-state index in [2.05, 4.69) is 4.98 Å². The Bertz CT molecular complexity index is 1030. The molecule has 2 aromatic heterocycles. The van der Waals surface area contributed by atoms with Gasteiger partial charge in [0.05, 0.1) is 6.20 Å². The Kier molecular flexibility index (Phi) is 4.41. The molecule has 0 aliphatic carbocycles. The first-order valence-electron chi connectivity index (χ1n) is 8.46. The molecule has 1 fully saturated rings. The Hall–Kier alpha value is -3.13. The maximum absolute atomic E-state index is 12.6. The van der Waals surface area contributed by atoms with Crippen LogP contribution in [-0.4, -0.2) is 51.3 Å². The number of hydrogen-bond donors (Lipinski definition) is 0. The smallest absolute Gasteiger partial charge is 0.358 e. The number of nitro groups is 1. The topological polar surface area (TPSA) is 84.0 Å². The molecule has 8 nitrogen and oxygen atoms in total. The summed E-state index contributed by atoms with van der Waals surface area (Å²) in [5, 5.41) is 12.1. The Morgan fingerprint density at radius 1 is 1.11 bits per heavy atom. The number of piperazine rings is 1. The standard InChI is InChI=1S/C18H16ClN5O3/c19-14-5-3-4-13(12-14)18(25)22-10-8-21(9-11-22)16-17(24(26)27)23-7-2-1-6-15(23)20-16/h1-7,12H,8-11H2. The molecule has 0 radical (unpaired) electrons. The molecule has 0 N–H and O–H groups in total. The molecule has 0 bridgehead atoms. The van der Waals surface area contributed by atoms with Crippen LogP contribution in [0, 0.1) is 10.1 Å². The summed E-state index contributed by atoms with van der Waals surface area (Å²) in [7, 11) is 0. The van der Waals surface area contributed by atoms with Crippen molar-refractivity contribution in [3.63, 3.8) is 0 Å². The lowest BCUT2D eigenvalue weighted by molar-refractivity contribution is -0.389. The summed E-state index contributed by atoms with van der Waals surface area (Å²) in [6, 6.07) is 12.1. The molecule has 9 heteroatoms. The molecule has 1 aliphatic heterocycles. The SMILES string of the molecule is O=C(c1cccc(Cl)c1)N1CCN(c2nc3ccccn3c2[N+](=O)[O-])CC1. The number of amides is 1. The van der Waals surface area contributed by atoms with E-state index in [9.17, 15) is 14.9 Å². The number of nitrogens with zero attached hydrogens (tertiary/aromatic N) is 5. The summed E-state index contributed by atoms with van der Waals surface area (Å²) in [6.45, 7) is 1.85. The van der Waals surface area contributed by atoms with Crippen molar-refractivity contribution in [2.24, 2.45) is 0 Å². The van der Waals surface area contributed by atoms with Crippen LogP contribution < -0.4 is 4.90 Å². The summed E-state index contributed by atoms with van der Waals surface area (Å²) >= 11 is 5.96. The minimum atomic E-state index is -0.418. The average molecular weight is 386 g/mol. The number of anilines is 1. The first-order valence-corrected chi connectivity index (χ1v) is 8.83. The Balaban J connectivity index is 1.55. The first kappa shape index (κ1) is 17.3. The van der Waals surface area contributed by atoms with E-state index < -0.39 is 4.92 Å². The third-order valence-corrected chi connectivity index (χ3v) is 4.83. The van der Waals surface area contributed by atoms with Gasteiger partial charge in [0.1, 0.15) is 0 Å². The zero-order valence-electron chi connectivity index (χ0n) is 14.3. The van der Waals surface area contributed by atoms with Gasteiger partial charge in [-0.1, -0.05) is 23.7 Å². The van der Waals surface area contributed by atoms with Gasteiger partial charge in [0, 0.05) is 42.8 Å². The molecule has 0 spiro atoms. The second-order valence-electron chi connectivity index (χ2n) is 6.23. The van der Waals surface area contributed by atoms with Crippen LogP contribution in [0.3, 0.4) is 0 Å². The van der Waals surface area contributed by atoms with Crippen LogP contribution in [0.15, 0.2) is 48.7 Å². The zero-order chi connectivity index (χ0) is 19.0. The Morgan fingerprint density at radius 2 is 1.89 bits per heavy atom. The van der Waals surface area contributed by atoms with Crippen LogP contribution in [-0.2, 0) is 0 Å². The average Bonchev–Trinajstić information content (AvgIpc) is 3.07. The fraction of sp³-hybridized carbons (Fsp3) is 0.222. The van der Waals surface area contributed by atoms with Crippen molar-refractivity contribution in [1.82, 2.24) is 14.3 Å². The van der Waals surface area contributed by atoms with Crippen LogP contribution in [0.25, 0.3) is 5.65 Å². The largest absolute Gasteiger partial charge is 0.372 e. The lowest BCUT2D eigenvalue weighted by Gasteiger charge is -2.34. The van der Waals surface area contributed by atoms with Gasteiger partial charge in [-0.2, -0.15) is 9.38 Å². The predicted molar refractivity (Wildman–Crippen MR) is 101 cm³/mol. The van der Waals surface area contributed by atoms with Gasteiger partial charge in [-0.05, 0) is 29.2 Å². The van der Waals surface area contributed by atoms with E-state index in [0.717, 1.165) is 0 Å². The van der Waals surface area contributed by atoms with Crippen molar-refractivity contribution in [2.75, 3.05) is 31.1 Å². The second-order valence-corrected chi connectivity index (χ2v) is 6.67. The molecule has 3 heterocycles. The molecule has 0 saturated carbocycles. The van der Waals surface area contributed by atoms with Crippen LogP contribution in [0.5, 0.6) is 0 Å². The number of hydrogen-bond acceptors (Lipinski definition) is 5. The zero-order valence-corrected chi connectivity index (χ0v) is 15.0. The highest BCUT2D eigenvalue weighted by Gasteiger charge is 2.30. The van der Waals surface area contributed by atoms with E-state index in [1.807, 2.05) is 4.90 Å².